The zero-order valence-corrected chi connectivity index (χ0v) is 19.6. The normalized spacial score (nSPS) is 13.3. The van der Waals surface area contributed by atoms with Crippen LogP contribution in [0, 0.1) is 5.92 Å². The minimum absolute atomic E-state index is 0.0424. The number of hydrogen-bond acceptors (Lipinski definition) is 6. The van der Waals surface area contributed by atoms with Crippen molar-refractivity contribution in [3.63, 3.8) is 0 Å². The molecule has 1 aliphatic rings. The minimum Gasteiger partial charge on any atom is -0.490 e. The molecular weight excluding hydrogens is 422 g/mol. The predicted octanol–water partition coefficient (Wildman–Crippen LogP) is 4.39. The molecule has 2 aromatic rings. The average molecular weight is 454 g/mol. The highest BCUT2D eigenvalue weighted by Gasteiger charge is 2.29. The molecule has 176 valence electrons. The van der Waals surface area contributed by atoms with Crippen molar-refractivity contribution in [2.24, 2.45) is 11.0 Å². The Labute approximate surface area is 194 Å². The zero-order valence-electron chi connectivity index (χ0n) is 19.6. The van der Waals surface area contributed by atoms with Gasteiger partial charge < -0.3 is 19.5 Å². The highest BCUT2D eigenvalue weighted by molar-refractivity contribution is 6.02. The number of amides is 2. The van der Waals surface area contributed by atoms with Crippen LogP contribution < -0.4 is 25.0 Å². The standard InChI is InChI=1S/C25H31N3O5/c1-5-31-21-14-19(15-22(32-6-2)23(21)33-7-3)25(30)28-27-16(4)18-9-8-10-20(13-18)26-24(29)17-11-12-17/h8-10,13-15,17H,5-7,11-12H2,1-4H3,(H,26,29)(H,28,30)/b27-16+. The Morgan fingerprint density at radius 2 is 1.58 bits per heavy atom. The lowest BCUT2D eigenvalue weighted by Gasteiger charge is -2.16. The van der Waals surface area contributed by atoms with E-state index in [0.29, 0.717) is 54.0 Å². The van der Waals surface area contributed by atoms with Crippen molar-refractivity contribution in [1.82, 2.24) is 5.43 Å². The second-order valence-electron chi connectivity index (χ2n) is 7.58. The molecular formula is C25H31N3O5. The Kier molecular flexibility index (Phi) is 8.29. The summed E-state index contributed by atoms with van der Waals surface area (Å²) in [7, 11) is 0. The van der Waals surface area contributed by atoms with Crippen LogP contribution >= 0.6 is 0 Å². The molecule has 3 rings (SSSR count). The summed E-state index contributed by atoms with van der Waals surface area (Å²) >= 11 is 0. The molecule has 1 aliphatic carbocycles. The maximum absolute atomic E-state index is 12.8. The first-order chi connectivity index (χ1) is 16.0. The quantitative estimate of drug-likeness (QED) is 0.389. The van der Waals surface area contributed by atoms with E-state index in [2.05, 4.69) is 15.8 Å². The van der Waals surface area contributed by atoms with Crippen LogP contribution in [0.25, 0.3) is 0 Å². The summed E-state index contributed by atoms with van der Waals surface area (Å²) in [5.74, 6) is 1.12. The number of ether oxygens (including phenoxy) is 3. The summed E-state index contributed by atoms with van der Waals surface area (Å²) in [5.41, 5.74) is 5.03. The van der Waals surface area contributed by atoms with Crippen molar-refractivity contribution in [3.8, 4) is 17.2 Å². The number of anilines is 1. The maximum Gasteiger partial charge on any atom is 0.271 e. The Morgan fingerprint density at radius 1 is 0.939 bits per heavy atom. The van der Waals surface area contributed by atoms with E-state index in [1.165, 1.54) is 0 Å². The monoisotopic (exact) mass is 453 g/mol. The van der Waals surface area contributed by atoms with Crippen molar-refractivity contribution in [3.05, 3.63) is 47.5 Å². The Balaban J connectivity index is 1.76. The first-order valence-corrected chi connectivity index (χ1v) is 11.3. The number of nitrogens with one attached hydrogen (secondary N) is 2. The third kappa shape index (κ3) is 6.47. The van der Waals surface area contributed by atoms with Gasteiger partial charge in [-0.1, -0.05) is 12.1 Å². The van der Waals surface area contributed by atoms with Gasteiger partial charge in [0.1, 0.15) is 0 Å². The summed E-state index contributed by atoms with van der Waals surface area (Å²) < 4.78 is 17.0. The Bertz CT molecular complexity index is 1000. The van der Waals surface area contributed by atoms with Crippen molar-refractivity contribution < 1.29 is 23.8 Å². The van der Waals surface area contributed by atoms with Gasteiger partial charge in [-0.3, -0.25) is 9.59 Å². The molecule has 2 amide bonds. The van der Waals surface area contributed by atoms with Gasteiger partial charge in [-0.15, -0.1) is 0 Å². The highest BCUT2D eigenvalue weighted by atomic mass is 16.5. The van der Waals surface area contributed by atoms with Crippen LogP contribution in [0.1, 0.15) is 56.5 Å². The van der Waals surface area contributed by atoms with E-state index < -0.39 is 5.91 Å². The van der Waals surface area contributed by atoms with Gasteiger partial charge in [0.05, 0.1) is 25.5 Å². The molecule has 1 saturated carbocycles. The first-order valence-electron chi connectivity index (χ1n) is 11.3. The van der Waals surface area contributed by atoms with Crippen molar-refractivity contribution in [1.29, 1.82) is 0 Å². The lowest BCUT2D eigenvalue weighted by molar-refractivity contribution is -0.117. The second-order valence-corrected chi connectivity index (χ2v) is 7.58. The smallest absolute Gasteiger partial charge is 0.271 e. The van der Waals surface area contributed by atoms with Crippen molar-refractivity contribution >= 4 is 23.2 Å². The molecule has 33 heavy (non-hydrogen) atoms. The minimum atomic E-state index is -0.405. The van der Waals surface area contributed by atoms with Gasteiger partial charge in [0.25, 0.3) is 5.91 Å². The SMILES string of the molecule is CCOc1cc(C(=O)N/N=C(\C)c2cccc(NC(=O)C3CC3)c2)cc(OCC)c1OCC. The molecule has 2 aromatic carbocycles. The van der Waals surface area contributed by atoms with E-state index in [4.69, 9.17) is 14.2 Å². The van der Waals surface area contributed by atoms with E-state index in [1.807, 2.05) is 45.0 Å². The molecule has 0 heterocycles. The molecule has 1 fully saturated rings. The molecule has 0 bridgehead atoms. The van der Waals surface area contributed by atoms with E-state index in [9.17, 15) is 9.59 Å². The Morgan fingerprint density at radius 3 is 2.15 bits per heavy atom. The third-order valence-corrected chi connectivity index (χ3v) is 4.99. The molecule has 0 aromatic heterocycles. The molecule has 0 radical (unpaired) electrons. The number of carbonyl (C=O) groups is 2. The van der Waals surface area contributed by atoms with Gasteiger partial charge in [-0.05, 0) is 70.4 Å². The van der Waals surface area contributed by atoms with E-state index in [1.54, 1.807) is 19.1 Å². The fourth-order valence-corrected chi connectivity index (χ4v) is 3.20. The fourth-order valence-electron chi connectivity index (χ4n) is 3.20. The summed E-state index contributed by atoms with van der Waals surface area (Å²) in [6.07, 6.45) is 1.89. The molecule has 0 saturated heterocycles. The summed E-state index contributed by atoms with van der Waals surface area (Å²) in [6.45, 7) is 8.65. The number of hydrazone groups is 1. The fraction of sp³-hybridized carbons (Fsp3) is 0.400. The molecule has 8 heteroatoms. The van der Waals surface area contributed by atoms with Crippen molar-refractivity contribution in [2.75, 3.05) is 25.1 Å². The average Bonchev–Trinajstić information content (AvgIpc) is 3.65. The number of benzene rings is 2. The second kappa shape index (κ2) is 11.4. The van der Waals surface area contributed by atoms with Crippen LogP contribution in [-0.4, -0.2) is 37.3 Å². The van der Waals surface area contributed by atoms with Gasteiger partial charge in [-0.2, -0.15) is 5.10 Å². The number of hydrogen-bond donors (Lipinski definition) is 2. The number of carbonyl (C=O) groups excluding carboxylic acids is 2. The molecule has 2 N–H and O–H groups in total. The highest BCUT2D eigenvalue weighted by Crippen LogP contribution is 2.39. The van der Waals surface area contributed by atoms with Gasteiger partial charge in [0, 0.05) is 17.2 Å². The zero-order chi connectivity index (χ0) is 23.8. The molecule has 0 unspecified atom stereocenters. The van der Waals surface area contributed by atoms with E-state index in [0.717, 1.165) is 18.4 Å². The molecule has 0 aliphatic heterocycles. The van der Waals surface area contributed by atoms with Gasteiger partial charge in [0.2, 0.25) is 11.7 Å². The largest absolute Gasteiger partial charge is 0.490 e. The van der Waals surface area contributed by atoms with Crippen LogP contribution in [0.3, 0.4) is 0 Å². The predicted molar refractivity (Wildman–Crippen MR) is 127 cm³/mol. The van der Waals surface area contributed by atoms with Gasteiger partial charge in [0.15, 0.2) is 11.5 Å². The van der Waals surface area contributed by atoms with E-state index in [-0.39, 0.29) is 11.8 Å². The van der Waals surface area contributed by atoms with Crippen LogP contribution in [-0.2, 0) is 4.79 Å². The van der Waals surface area contributed by atoms with Crippen LogP contribution in [0.4, 0.5) is 5.69 Å². The molecule has 0 atom stereocenters. The van der Waals surface area contributed by atoms with Gasteiger partial charge in [-0.25, -0.2) is 5.43 Å². The van der Waals surface area contributed by atoms with Crippen molar-refractivity contribution in [2.45, 2.75) is 40.5 Å². The number of rotatable bonds is 11. The molecule has 0 spiro atoms. The summed E-state index contributed by atoms with van der Waals surface area (Å²) in [5, 5.41) is 7.16. The lowest BCUT2D eigenvalue weighted by atomic mass is 10.1. The summed E-state index contributed by atoms with van der Waals surface area (Å²) in [4.78, 5) is 24.8. The van der Waals surface area contributed by atoms with Gasteiger partial charge >= 0.3 is 0 Å². The van der Waals surface area contributed by atoms with Crippen LogP contribution in [0.5, 0.6) is 17.2 Å². The molecule has 8 nitrogen and oxygen atoms in total. The van der Waals surface area contributed by atoms with Crippen LogP contribution in [0.2, 0.25) is 0 Å². The van der Waals surface area contributed by atoms with Crippen LogP contribution in [0.15, 0.2) is 41.5 Å². The topological polar surface area (TPSA) is 98.2 Å². The van der Waals surface area contributed by atoms with E-state index >= 15 is 0 Å². The first kappa shape index (κ1) is 24.1. The lowest BCUT2D eigenvalue weighted by Crippen LogP contribution is -2.20. The summed E-state index contributed by atoms with van der Waals surface area (Å²) in [6, 6.07) is 10.6. The maximum atomic E-state index is 12.8. The number of nitrogens with zero attached hydrogens (tertiary/aromatic N) is 1. The Hall–Kier alpha value is -3.55. The third-order valence-electron chi connectivity index (χ3n) is 4.99.